The predicted octanol–water partition coefficient (Wildman–Crippen LogP) is 4.71. The molecule has 144 valence electrons. The molecule has 1 heterocycles. The maximum absolute atomic E-state index is 13.7. The summed E-state index contributed by atoms with van der Waals surface area (Å²) < 4.78 is 19.0. The average Bonchev–Trinajstić information content (AvgIpc) is 3.19. The van der Waals surface area contributed by atoms with Gasteiger partial charge in [-0.2, -0.15) is 0 Å². The average molecular weight is 411 g/mol. The third-order valence-electron chi connectivity index (χ3n) is 4.77. The van der Waals surface area contributed by atoms with Crippen molar-refractivity contribution >= 4 is 29.1 Å². The zero-order valence-electron chi connectivity index (χ0n) is 15.0. The monoisotopic (exact) mass is 410 g/mol. The number of hydrogen-bond donors (Lipinski definition) is 1. The van der Waals surface area contributed by atoms with E-state index in [9.17, 15) is 9.18 Å². The van der Waals surface area contributed by atoms with E-state index in [4.69, 9.17) is 27.9 Å². The summed E-state index contributed by atoms with van der Waals surface area (Å²) in [7, 11) is 1.63. The summed E-state index contributed by atoms with van der Waals surface area (Å²) in [5.41, 5.74) is 1.13. The first-order valence-corrected chi connectivity index (χ1v) is 9.56. The Labute approximate surface area is 168 Å². The SMILES string of the molecule is COc1cccc(C(CNC(=O)c2cc(F)c(Cl)cc2Cl)N2CCCC2)c1. The van der Waals surface area contributed by atoms with Gasteiger partial charge in [0.25, 0.3) is 5.91 Å². The Hall–Kier alpha value is -1.82. The number of methoxy groups -OCH3 is 1. The van der Waals surface area contributed by atoms with E-state index in [1.165, 1.54) is 6.07 Å². The lowest BCUT2D eigenvalue weighted by molar-refractivity contribution is 0.0937. The fourth-order valence-corrected chi connectivity index (χ4v) is 3.81. The van der Waals surface area contributed by atoms with Crippen LogP contribution in [0.4, 0.5) is 4.39 Å². The lowest BCUT2D eigenvalue weighted by atomic mass is 10.0. The molecule has 1 amide bonds. The number of nitrogens with zero attached hydrogens (tertiary/aromatic N) is 1. The Kier molecular flexibility index (Phi) is 6.58. The second kappa shape index (κ2) is 8.91. The summed E-state index contributed by atoms with van der Waals surface area (Å²) in [6.45, 7) is 2.31. The van der Waals surface area contributed by atoms with Crippen LogP contribution in [0.3, 0.4) is 0 Å². The molecule has 1 aliphatic rings. The van der Waals surface area contributed by atoms with Gasteiger partial charge in [-0.1, -0.05) is 35.3 Å². The Balaban J connectivity index is 1.78. The van der Waals surface area contributed by atoms with E-state index in [0.717, 1.165) is 43.3 Å². The summed E-state index contributed by atoms with van der Waals surface area (Å²) in [6, 6.07) is 10.1. The van der Waals surface area contributed by atoms with Crippen molar-refractivity contribution in [3.05, 3.63) is 63.4 Å². The third kappa shape index (κ3) is 4.72. The number of ether oxygens (including phenoxy) is 1. The zero-order valence-corrected chi connectivity index (χ0v) is 16.5. The zero-order chi connectivity index (χ0) is 19.4. The van der Waals surface area contributed by atoms with Crippen LogP contribution in [0.1, 0.15) is 34.8 Å². The van der Waals surface area contributed by atoms with Gasteiger partial charge in [0, 0.05) is 6.54 Å². The second-order valence-electron chi connectivity index (χ2n) is 6.49. The van der Waals surface area contributed by atoms with Crippen molar-refractivity contribution in [2.45, 2.75) is 18.9 Å². The van der Waals surface area contributed by atoms with Crippen LogP contribution in [0.25, 0.3) is 0 Å². The van der Waals surface area contributed by atoms with Gasteiger partial charge in [-0.05, 0) is 55.8 Å². The van der Waals surface area contributed by atoms with Crippen molar-refractivity contribution in [1.29, 1.82) is 0 Å². The highest BCUT2D eigenvalue weighted by Gasteiger charge is 2.25. The van der Waals surface area contributed by atoms with Gasteiger partial charge in [0.05, 0.1) is 28.8 Å². The fraction of sp³-hybridized carbons (Fsp3) is 0.350. The molecule has 4 nitrogen and oxygen atoms in total. The molecule has 0 spiro atoms. The maximum atomic E-state index is 13.7. The van der Waals surface area contributed by atoms with E-state index in [2.05, 4.69) is 10.2 Å². The Morgan fingerprint density at radius 3 is 2.67 bits per heavy atom. The molecule has 1 unspecified atom stereocenters. The van der Waals surface area contributed by atoms with Crippen LogP contribution < -0.4 is 10.1 Å². The van der Waals surface area contributed by atoms with Crippen molar-refractivity contribution < 1.29 is 13.9 Å². The van der Waals surface area contributed by atoms with Crippen molar-refractivity contribution in [3.63, 3.8) is 0 Å². The van der Waals surface area contributed by atoms with Crippen molar-refractivity contribution in [2.75, 3.05) is 26.7 Å². The summed E-state index contributed by atoms with van der Waals surface area (Å²) in [5, 5.41) is 2.90. The largest absolute Gasteiger partial charge is 0.497 e. The maximum Gasteiger partial charge on any atom is 0.252 e. The quantitative estimate of drug-likeness (QED) is 0.701. The molecule has 1 fully saturated rings. The molecule has 3 rings (SSSR count). The van der Waals surface area contributed by atoms with Gasteiger partial charge < -0.3 is 10.1 Å². The third-order valence-corrected chi connectivity index (χ3v) is 5.37. The highest BCUT2D eigenvalue weighted by molar-refractivity contribution is 6.36. The molecule has 0 aromatic heterocycles. The number of nitrogens with one attached hydrogen (secondary N) is 1. The molecule has 1 aliphatic heterocycles. The number of halogens is 3. The van der Waals surface area contributed by atoms with Crippen molar-refractivity contribution in [3.8, 4) is 5.75 Å². The summed E-state index contributed by atoms with van der Waals surface area (Å²) in [5.74, 6) is -0.330. The molecule has 27 heavy (non-hydrogen) atoms. The number of benzene rings is 2. The molecule has 1 saturated heterocycles. The van der Waals surface area contributed by atoms with Gasteiger partial charge in [0.1, 0.15) is 11.6 Å². The van der Waals surface area contributed by atoms with E-state index in [1.807, 2.05) is 24.3 Å². The van der Waals surface area contributed by atoms with Crippen LogP contribution in [-0.2, 0) is 0 Å². The molecule has 2 aromatic carbocycles. The molecule has 1 atom stereocenters. The summed E-state index contributed by atoms with van der Waals surface area (Å²) >= 11 is 11.8. The van der Waals surface area contributed by atoms with Gasteiger partial charge in [-0.3, -0.25) is 9.69 Å². The minimum absolute atomic E-state index is 0.00229. The van der Waals surface area contributed by atoms with Crippen LogP contribution in [0.15, 0.2) is 36.4 Å². The lowest BCUT2D eigenvalue weighted by Crippen LogP contribution is -2.37. The first kappa shape index (κ1) is 19.9. The van der Waals surface area contributed by atoms with Crippen molar-refractivity contribution in [2.24, 2.45) is 0 Å². The molecule has 0 saturated carbocycles. The summed E-state index contributed by atoms with van der Waals surface area (Å²) in [4.78, 5) is 14.9. The first-order valence-electron chi connectivity index (χ1n) is 8.80. The lowest BCUT2D eigenvalue weighted by Gasteiger charge is -2.28. The molecular weight excluding hydrogens is 390 g/mol. The number of carbonyl (C=O) groups excluding carboxylic acids is 1. The van der Waals surface area contributed by atoms with Gasteiger partial charge in [0.2, 0.25) is 0 Å². The van der Waals surface area contributed by atoms with Gasteiger partial charge in [-0.25, -0.2) is 4.39 Å². The number of hydrogen-bond acceptors (Lipinski definition) is 3. The minimum Gasteiger partial charge on any atom is -0.497 e. The molecule has 0 bridgehead atoms. The number of amides is 1. The second-order valence-corrected chi connectivity index (χ2v) is 7.31. The fourth-order valence-electron chi connectivity index (χ4n) is 3.34. The Morgan fingerprint density at radius 2 is 1.96 bits per heavy atom. The molecule has 1 N–H and O–H groups in total. The smallest absolute Gasteiger partial charge is 0.252 e. The van der Waals surface area contributed by atoms with Crippen LogP contribution in [0, 0.1) is 5.82 Å². The van der Waals surface area contributed by atoms with E-state index in [-0.39, 0.29) is 21.7 Å². The topological polar surface area (TPSA) is 41.6 Å². The normalized spacial score (nSPS) is 15.6. The molecule has 0 radical (unpaired) electrons. The van der Waals surface area contributed by atoms with E-state index in [1.54, 1.807) is 7.11 Å². The van der Waals surface area contributed by atoms with E-state index < -0.39 is 11.7 Å². The van der Waals surface area contributed by atoms with Crippen molar-refractivity contribution in [1.82, 2.24) is 10.2 Å². The number of likely N-dealkylation sites (tertiary alicyclic amines) is 1. The standard InChI is InChI=1S/C20H21Cl2FN2O2/c1-27-14-6-4-5-13(9-14)19(25-7-2-3-8-25)12-24-20(26)15-10-18(23)17(22)11-16(15)21/h4-6,9-11,19H,2-3,7-8,12H2,1H3,(H,24,26). The van der Waals surface area contributed by atoms with Gasteiger partial charge in [-0.15, -0.1) is 0 Å². The van der Waals surface area contributed by atoms with E-state index >= 15 is 0 Å². The van der Waals surface area contributed by atoms with Crippen LogP contribution >= 0.6 is 23.2 Å². The highest BCUT2D eigenvalue weighted by atomic mass is 35.5. The number of rotatable bonds is 6. The predicted molar refractivity (Wildman–Crippen MR) is 105 cm³/mol. The Morgan fingerprint density at radius 1 is 1.22 bits per heavy atom. The highest BCUT2D eigenvalue weighted by Crippen LogP contribution is 2.28. The molecule has 7 heteroatoms. The summed E-state index contributed by atoms with van der Waals surface area (Å²) in [6.07, 6.45) is 2.26. The molecular formula is C20H21Cl2FN2O2. The van der Waals surface area contributed by atoms with E-state index in [0.29, 0.717) is 6.54 Å². The molecule has 2 aromatic rings. The van der Waals surface area contributed by atoms with Gasteiger partial charge >= 0.3 is 0 Å². The Bertz CT molecular complexity index is 826. The number of carbonyl (C=O) groups is 1. The minimum atomic E-state index is -0.671. The van der Waals surface area contributed by atoms with Gasteiger partial charge in [0.15, 0.2) is 0 Å². The van der Waals surface area contributed by atoms with Crippen LogP contribution in [0.2, 0.25) is 10.0 Å². The van der Waals surface area contributed by atoms with Crippen LogP contribution in [0.5, 0.6) is 5.75 Å². The first-order chi connectivity index (χ1) is 13.0. The van der Waals surface area contributed by atoms with Crippen LogP contribution in [-0.4, -0.2) is 37.6 Å². The molecule has 0 aliphatic carbocycles.